The molecule has 1 N–H and O–H groups in total. The smallest absolute Gasteiger partial charge is 0.344 e. The lowest BCUT2D eigenvalue weighted by molar-refractivity contribution is -0.144. The van der Waals surface area contributed by atoms with E-state index < -0.39 is 17.5 Å². The highest BCUT2D eigenvalue weighted by molar-refractivity contribution is 9.10. The van der Waals surface area contributed by atoms with Gasteiger partial charge >= 0.3 is 5.97 Å². The number of benzene rings is 2. The minimum atomic E-state index is -1.15. The van der Waals surface area contributed by atoms with Crippen LogP contribution in [0, 0.1) is 0 Å². The van der Waals surface area contributed by atoms with E-state index in [9.17, 15) is 14.7 Å². The fourth-order valence-electron chi connectivity index (χ4n) is 3.05. The topological polar surface area (TPSA) is 103 Å². The van der Waals surface area contributed by atoms with Crippen LogP contribution in [-0.4, -0.2) is 40.2 Å². The average molecular weight is 537 g/mol. The van der Waals surface area contributed by atoms with Crippen molar-refractivity contribution in [1.29, 1.82) is 0 Å². The first kappa shape index (κ1) is 24.7. The number of halogens is 2. The van der Waals surface area contributed by atoms with Crippen molar-refractivity contribution in [3.8, 4) is 11.5 Å². The maximum absolute atomic E-state index is 13.3. The summed E-state index contributed by atoms with van der Waals surface area (Å²) < 4.78 is 12.9. The van der Waals surface area contributed by atoms with Gasteiger partial charge in [0.25, 0.3) is 5.56 Å². The maximum atomic E-state index is 13.3. The van der Waals surface area contributed by atoms with Gasteiger partial charge in [-0.3, -0.25) is 4.79 Å². The van der Waals surface area contributed by atoms with Crippen LogP contribution in [0.2, 0.25) is 5.02 Å². The molecular formula is C23H23BrClN3O5. The van der Waals surface area contributed by atoms with Crippen molar-refractivity contribution in [3.05, 3.63) is 61.6 Å². The highest BCUT2D eigenvalue weighted by Crippen LogP contribution is 2.35. The monoisotopic (exact) mass is 535 g/mol. The van der Waals surface area contributed by atoms with Gasteiger partial charge in [-0.15, -0.1) is 0 Å². The van der Waals surface area contributed by atoms with E-state index in [1.54, 1.807) is 18.2 Å². The van der Waals surface area contributed by atoms with Crippen molar-refractivity contribution < 1.29 is 19.4 Å². The molecule has 0 saturated heterocycles. The van der Waals surface area contributed by atoms with Crippen LogP contribution < -0.4 is 15.0 Å². The SMILES string of the molecule is COc1cc(Cl)cc(C=Nn2c(C(C)(C)C)nc3ccc(Br)cc3c2=O)c1O[C@@H](C)C(=O)O. The first-order valence-corrected chi connectivity index (χ1v) is 11.1. The number of nitrogens with zero attached hydrogens (tertiary/aromatic N) is 3. The second-order valence-electron chi connectivity index (χ2n) is 8.33. The van der Waals surface area contributed by atoms with Crippen molar-refractivity contribution in [2.45, 2.75) is 39.2 Å². The molecule has 10 heteroatoms. The third-order valence-corrected chi connectivity index (χ3v) is 5.41. The molecular weight excluding hydrogens is 514 g/mol. The molecule has 1 aromatic heterocycles. The van der Waals surface area contributed by atoms with E-state index >= 15 is 0 Å². The summed E-state index contributed by atoms with van der Waals surface area (Å²) in [4.78, 5) is 29.3. The minimum absolute atomic E-state index is 0.141. The molecule has 8 nitrogen and oxygen atoms in total. The molecule has 174 valence electrons. The van der Waals surface area contributed by atoms with Crippen LogP contribution in [0.4, 0.5) is 0 Å². The quantitative estimate of drug-likeness (QED) is 0.452. The van der Waals surface area contributed by atoms with Gasteiger partial charge in [0, 0.05) is 26.5 Å². The Morgan fingerprint density at radius 3 is 2.61 bits per heavy atom. The van der Waals surface area contributed by atoms with E-state index in [1.165, 1.54) is 31.0 Å². The molecule has 3 aromatic rings. The third kappa shape index (κ3) is 5.36. The van der Waals surface area contributed by atoms with E-state index in [0.29, 0.717) is 27.3 Å². The van der Waals surface area contributed by atoms with Crippen LogP contribution >= 0.6 is 27.5 Å². The molecule has 0 radical (unpaired) electrons. The second-order valence-corrected chi connectivity index (χ2v) is 9.69. The van der Waals surface area contributed by atoms with Crippen molar-refractivity contribution in [2.24, 2.45) is 5.10 Å². The van der Waals surface area contributed by atoms with Gasteiger partial charge in [0.1, 0.15) is 5.82 Å². The van der Waals surface area contributed by atoms with Gasteiger partial charge < -0.3 is 14.6 Å². The number of rotatable bonds is 6. The number of aromatic nitrogens is 2. The highest BCUT2D eigenvalue weighted by atomic mass is 79.9. The summed E-state index contributed by atoms with van der Waals surface area (Å²) in [5.41, 5.74) is 0.0516. The molecule has 0 fully saturated rings. The Morgan fingerprint density at radius 2 is 2.00 bits per heavy atom. The molecule has 0 aliphatic heterocycles. The van der Waals surface area contributed by atoms with Crippen molar-refractivity contribution in [2.75, 3.05) is 7.11 Å². The standard InChI is InChI=1S/C23H23BrClN3O5/c1-12(21(30)31)33-19-13(8-15(25)10-18(19)32-5)11-26-28-20(29)16-9-14(24)6-7-17(16)27-22(28)23(2,3)4/h6-12H,1-5H3,(H,30,31)/t12-/m0/s1. The average Bonchev–Trinajstić information content (AvgIpc) is 2.73. The molecule has 0 aliphatic rings. The Morgan fingerprint density at radius 1 is 1.30 bits per heavy atom. The van der Waals surface area contributed by atoms with Gasteiger partial charge in [-0.2, -0.15) is 9.78 Å². The molecule has 1 heterocycles. The van der Waals surface area contributed by atoms with Crippen molar-refractivity contribution in [1.82, 2.24) is 9.66 Å². The predicted octanol–water partition coefficient (Wildman–Crippen LogP) is 4.85. The van der Waals surface area contributed by atoms with Crippen LogP contribution in [0.1, 0.15) is 39.1 Å². The lowest BCUT2D eigenvalue weighted by atomic mass is 9.95. The number of hydrogen-bond acceptors (Lipinski definition) is 6. The number of methoxy groups -OCH3 is 1. The number of ether oxygens (including phenoxy) is 2. The third-order valence-electron chi connectivity index (χ3n) is 4.70. The largest absolute Gasteiger partial charge is 0.493 e. The molecule has 0 bridgehead atoms. The summed E-state index contributed by atoms with van der Waals surface area (Å²) in [7, 11) is 1.41. The molecule has 1 atom stereocenters. The predicted molar refractivity (Wildman–Crippen MR) is 131 cm³/mol. The first-order chi connectivity index (χ1) is 15.4. The van der Waals surface area contributed by atoms with Crippen LogP contribution in [0.25, 0.3) is 10.9 Å². The molecule has 0 amide bonds. The summed E-state index contributed by atoms with van der Waals surface area (Å²) in [5, 5.41) is 14.4. The summed E-state index contributed by atoms with van der Waals surface area (Å²) in [6, 6.07) is 8.33. The molecule has 0 unspecified atom stereocenters. The number of fused-ring (bicyclic) bond motifs is 1. The van der Waals surface area contributed by atoms with Crippen molar-refractivity contribution >= 4 is 50.6 Å². The van der Waals surface area contributed by atoms with Crippen LogP contribution in [0.3, 0.4) is 0 Å². The Bertz CT molecular complexity index is 1310. The second kappa shape index (κ2) is 9.52. The number of hydrogen-bond donors (Lipinski definition) is 1. The molecule has 0 aliphatic carbocycles. The lowest BCUT2D eigenvalue weighted by Gasteiger charge is -2.21. The number of aliphatic carboxylic acids is 1. The van der Waals surface area contributed by atoms with E-state index in [-0.39, 0.29) is 17.1 Å². The van der Waals surface area contributed by atoms with Gasteiger partial charge in [-0.05, 0) is 31.2 Å². The summed E-state index contributed by atoms with van der Waals surface area (Å²) in [6.45, 7) is 7.18. The maximum Gasteiger partial charge on any atom is 0.344 e. The lowest BCUT2D eigenvalue weighted by Crippen LogP contribution is -2.29. The highest BCUT2D eigenvalue weighted by Gasteiger charge is 2.24. The van der Waals surface area contributed by atoms with Gasteiger partial charge in [0.05, 0.1) is 24.2 Å². The Labute approximate surface area is 203 Å². The van der Waals surface area contributed by atoms with Crippen molar-refractivity contribution in [3.63, 3.8) is 0 Å². The Balaban J connectivity index is 2.24. The minimum Gasteiger partial charge on any atom is -0.493 e. The van der Waals surface area contributed by atoms with E-state index in [4.69, 9.17) is 21.1 Å². The zero-order chi connectivity index (χ0) is 24.5. The van der Waals surface area contributed by atoms with Gasteiger partial charge in [0.15, 0.2) is 17.6 Å². The number of carboxylic acids is 1. The zero-order valence-corrected chi connectivity index (χ0v) is 21.1. The Hall–Kier alpha value is -2.91. The van der Waals surface area contributed by atoms with Gasteiger partial charge in [-0.25, -0.2) is 9.78 Å². The Kier molecular flexibility index (Phi) is 7.14. The van der Waals surface area contributed by atoms with E-state index in [2.05, 4.69) is 26.0 Å². The molecule has 0 spiro atoms. The summed E-state index contributed by atoms with van der Waals surface area (Å²) >= 11 is 9.60. The van der Waals surface area contributed by atoms with Crippen LogP contribution in [0.5, 0.6) is 11.5 Å². The first-order valence-electron chi connectivity index (χ1n) is 9.96. The fourth-order valence-corrected chi connectivity index (χ4v) is 3.63. The number of carboxylic acid groups (broad SMARTS) is 1. The fraction of sp³-hybridized carbons (Fsp3) is 0.304. The van der Waals surface area contributed by atoms with E-state index in [0.717, 1.165) is 4.47 Å². The summed E-state index contributed by atoms with van der Waals surface area (Å²) in [5.74, 6) is -0.317. The van der Waals surface area contributed by atoms with Gasteiger partial charge in [0.2, 0.25) is 0 Å². The van der Waals surface area contributed by atoms with Crippen LogP contribution in [-0.2, 0) is 10.2 Å². The molecule has 0 saturated carbocycles. The van der Waals surface area contributed by atoms with Crippen LogP contribution in [0.15, 0.2) is 44.7 Å². The summed E-state index contributed by atoms with van der Waals surface area (Å²) in [6.07, 6.45) is 0.222. The van der Waals surface area contributed by atoms with Gasteiger partial charge in [-0.1, -0.05) is 48.3 Å². The molecule has 3 rings (SSSR count). The normalized spacial score (nSPS) is 12.8. The molecule has 2 aromatic carbocycles. The molecule has 33 heavy (non-hydrogen) atoms. The number of carbonyl (C=O) groups is 1. The zero-order valence-electron chi connectivity index (χ0n) is 18.7. The van der Waals surface area contributed by atoms with E-state index in [1.807, 2.05) is 26.8 Å².